The highest BCUT2D eigenvalue weighted by Gasteiger charge is 2.42. The van der Waals surface area contributed by atoms with E-state index in [-0.39, 0.29) is 17.0 Å². The predicted molar refractivity (Wildman–Crippen MR) is 81.6 cm³/mol. The van der Waals surface area contributed by atoms with Gasteiger partial charge in [-0.1, -0.05) is 36.4 Å². The first-order valence-corrected chi connectivity index (χ1v) is 7.39. The summed E-state index contributed by atoms with van der Waals surface area (Å²) < 4.78 is 27.1. The zero-order chi connectivity index (χ0) is 16.4. The maximum absolute atomic E-state index is 14.0. The molecule has 0 bridgehead atoms. The Morgan fingerprint density at radius 3 is 2.52 bits per heavy atom. The molecule has 0 aromatic heterocycles. The molecule has 0 N–H and O–H groups in total. The second-order valence-corrected chi connectivity index (χ2v) is 5.80. The number of hydrogen-bond acceptors (Lipinski definition) is 3. The van der Waals surface area contributed by atoms with Crippen LogP contribution in [0, 0.1) is 21.7 Å². The molecule has 6 heteroatoms. The Kier molecular flexibility index (Phi) is 4.34. The zero-order valence-electron chi connectivity index (χ0n) is 12.4. The fourth-order valence-corrected chi connectivity index (χ4v) is 3.16. The first-order valence-electron chi connectivity index (χ1n) is 7.39. The summed E-state index contributed by atoms with van der Waals surface area (Å²) in [5, 5.41) is 11.3. The van der Waals surface area contributed by atoms with Gasteiger partial charge in [0, 0.05) is 24.1 Å². The lowest BCUT2D eigenvalue weighted by Crippen LogP contribution is -2.28. The first-order chi connectivity index (χ1) is 11.0. The predicted octanol–water partition coefficient (Wildman–Crippen LogP) is 3.21. The van der Waals surface area contributed by atoms with Crippen LogP contribution in [0.15, 0.2) is 48.5 Å². The average molecular weight is 318 g/mol. The minimum Gasteiger partial charge on any atom is -0.292 e. The molecular weight excluding hydrogens is 302 g/mol. The monoisotopic (exact) mass is 318 g/mol. The second-order valence-electron chi connectivity index (χ2n) is 5.80. The van der Waals surface area contributed by atoms with Crippen molar-refractivity contribution in [3.63, 3.8) is 0 Å². The second kappa shape index (κ2) is 6.42. The highest BCUT2D eigenvalue weighted by Crippen LogP contribution is 2.32. The minimum atomic E-state index is -0.890. The van der Waals surface area contributed by atoms with Crippen LogP contribution < -0.4 is 0 Å². The van der Waals surface area contributed by atoms with Crippen molar-refractivity contribution in [1.82, 2.24) is 4.90 Å². The molecular formula is C17H16F2N2O2. The number of halogens is 2. The van der Waals surface area contributed by atoms with Crippen LogP contribution in [0.2, 0.25) is 0 Å². The number of hydrogen-bond donors (Lipinski definition) is 0. The third kappa shape index (κ3) is 3.37. The van der Waals surface area contributed by atoms with Gasteiger partial charge in [0.15, 0.2) is 0 Å². The number of likely N-dealkylation sites (tertiary alicyclic amines) is 1. The van der Waals surface area contributed by atoms with Gasteiger partial charge in [0.05, 0.1) is 12.5 Å². The summed E-state index contributed by atoms with van der Waals surface area (Å²) in [7, 11) is 0. The van der Waals surface area contributed by atoms with Crippen LogP contribution in [-0.4, -0.2) is 29.0 Å². The summed E-state index contributed by atoms with van der Waals surface area (Å²) in [5.41, 5.74) is 1.26. The molecule has 0 amide bonds. The van der Waals surface area contributed by atoms with Crippen LogP contribution in [0.1, 0.15) is 17.0 Å². The van der Waals surface area contributed by atoms with Crippen LogP contribution >= 0.6 is 0 Å². The van der Waals surface area contributed by atoms with Gasteiger partial charge in [0.1, 0.15) is 11.6 Å². The van der Waals surface area contributed by atoms with Crippen LogP contribution in [-0.2, 0) is 6.54 Å². The van der Waals surface area contributed by atoms with Crippen molar-refractivity contribution < 1.29 is 13.7 Å². The van der Waals surface area contributed by atoms with Crippen LogP contribution in [0.5, 0.6) is 0 Å². The molecule has 0 radical (unpaired) electrons. The van der Waals surface area contributed by atoms with Crippen molar-refractivity contribution in [2.45, 2.75) is 18.5 Å². The molecule has 2 aromatic carbocycles. The molecule has 0 saturated carbocycles. The Hall–Kier alpha value is -2.34. The molecule has 4 nitrogen and oxygen atoms in total. The van der Waals surface area contributed by atoms with E-state index in [2.05, 4.69) is 0 Å². The topological polar surface area (TPSA) is 46.4 Å². The number of benzene rings is 2. The summed E-state index contributed by atoms with van der Waals surface area (Å²) >= 11 is 0. The van der Waals surface area contributed by atoms with Gasteiger partial charge in [-0.15, -0.1) is 0 Å². The van der Waals surface area contributed by atoms with E-state index in [1.807, 2.05) is 35.2 Å². The van der Waals surface area contributed by atoms with E-state index in [0.29, 0.717) is 13.1 Å². The van der Waals surface area contributed by atoms with Crippen LogP contribution in [0.3, 0.4) is 0 Å². The molecule has 1 aliphatic heterocycles. The molecule has 1 aliphatic rings. The van der Waals surface area contributed by atoms with Crippen molar-refractivity contribution in [2.24, 2.45) is 0 Å². The van der Waals surface area contributed by atoms with E-state index in [9.17, 15) is 18.9 Å². The van der Waals surface area contributed by atoms with E-state index in [1.165, 1.54) is 6.07 Å². The van der Waals surface area contributed by atoms with Crippen molar-refractivity contribution in [3.8, 4) is 0 Å². The molecule has 2 aromatic rings. The Morgan fingerprint density at radius 2 is 1.87 bits per heavy atom. The molecule has 2 unspecified atom stereocenters. The smallest absolute Gasteiger partial charge is 0.233 e. The van der Waals surface area contributed by atoms with Gasteiger partial charge in [-0.2, -0.15) is 0 Å². The number of rotatable bonds is 4. The van der Waals surface area contributed by atoms with E-state index >= 15 is 0 Å². The summed E-state index contributed by atoms with van der Waals surface area (Å²) in [4.78, 5) is 12.9. The van der Waals surface area contributed by atoms with E-state index in [0.717, 1.165) is 17.7 Å². The third-order valence-electron chi connectivity index (χ3n) is 4.25. The average Bonchev–Trinajstić information content (AvgIpc) is 2.92. The lowest BCUT2D eigenvalue weighted by atomic mass is 9.94. The summed E-state index contributed by atoms with van der Waals surface area (Å²) in [6, 6.07) is 12.0. The molecule has 0 spiro atoms. The molecule has 0 aliphatic carbocycles. The summed E-state index contributed by atoms with van der Waals surface area (Å²) in [6.07, 6.45) is 0. The van der Waals surface area contributed by atoms with Gasteiger partial charge in [-0.05, 0) is 17.2 Å². The number of nitrogens with zero attached hydrogens (tertiary/aromatic N) is 2. The molecule has 1 heterocycles. The van der Waals surface area contributed by atoms with Crippen molar-refractivity contribution in [1.29, 1.82) is 0 Å². The quantitative estimate of drug-likeness (QED) is 0.642. The zero-order valence-corrected chi connectivity index (χ0v) is 12.4. The highest BCUT2D eigenvalue weighted by molar-refractivity contribution is 5.26. The molecule has 3 rings (SSSR count). The lowest BCUT2D eigenvalue weighted by molar-refractivity contribution is -0.521. The minimum absolute atomic E-state index is 0.212. The Bertz CT molecular complexity index is 709. The number of nitro groups is 1. The fraction of sp³-hybridized carbons (Fsp3) is 0.294. The van der Waals surface area contributed by atoms with Gasteiger partial charge in [-0.3, -0.25) is 15.0 Å². The van der Waals surface area contributed by atoms with Gasteiger partial charge in [0.25, 0.3) is 0 Å². The molecule has 2 atom stereocenters. The lowest BCUT2D eigenvalue weighted by Gasteiger charge is -2.15. The first kappa shape index (κ1) is 15.6. The van der Waals surface area contributed by atoms with Gasteiger partial charge < -0.3 is 0 Å². The van der Waals surface area contributed by atoms with E-state index < -0.39 is 23.6 Å². The van der Waals surface area contributed by atoms with Crippen LogP contribution in [0.25, 0.3) is 0 Å². The normalized spacial score (nSPS) is 21.5. The largest absolute Gasteiger partial charge is 0.292 e. The van der Waals surface area contributed by atoms with Crippen molar-refractivity contribution >= 4 is 0 Å². The summed E-state index contributed by atoms with van der Waals surface area (Å²) in [6.45, 7) is 1.21. The fourth-order valence-electron chi connectivity index (χ4n) is 3.16. The standard InChI is InChI=1S/C17H16F2N2O2/c18-13-6-7-14(16(19)8-13)15-10-20(11-17(15)21(22)23)9-12-4-2-1-3-5-12/h1-8,15,17H,9-11H2. The van der Waals surface area contributed by atoms with E-state index in [1.54, 1.807) is 0 Å². The SMILES string of the molecule is O=[N+]([O-])C1CN(Cc2ccccc2)CC1c1ccc(F)cc1F. The van der Waals surface area contributed by atoms with Gasteiger partial charge >= 0.3 is 0 Å². The highest BCUT2D eigenvalue weighted by atomic mass is 19.1. The van der Waals surface area contributed by atoms with Gasteiger partial charge in [0.2, 0.25) is 6.04 Å². The van der Waals surface area contributed by atoms with Crippen molar-refractivity contribution in [3.05, 3.63) is 81.4 Å². The van der Waals surface area contributed by atoms with E-state index in [4.69, 9.17) is 0 Å². The molecule has 1 fully saturated rings. The Balaban J connectivity index is 1.83. The molecule has 120 valence electrons. The summed E-state index contributed by atoms with van der Waals surface area (Å²) in [5.74, 6) is -1.97. The maximum Gasteiger partial charge on any atom is 0.233 e. The molecule has 1 saturated heterocycles. The van der Waals surface area contributed by atoms with Crippen molar-refractivity contribution in [2.75, 3.05) is 13.1 Å². The Morgan fingerprint density at radius 1 is 1.13 bits per heavy atom. The van der Waals surface area contributed by atoms with Gasteiger partial charge in [-0.25, -0.2) is 8.78 Å². The molecule has 23 heavy (non-hydrogen) atoms. The third-order valence-corrected chi connectivity index (χ3v) is 4.25. The Labute approximate surface area is 132 Å². The van der Waals surface area contributed by atoms with Crippen LogP contribution in [0.4, 0.5) is 8.78 Å². The maximum atomic E-state index is 14.0.